The summed E-state index contributed by atoms with van der Waals surface area (Å²) >= 11 is 0. The van der Waals surface area contributed by atoms with E-state index in [4.69, 9.17) is 9.51 Å². The first-order chi connectivity index (χ1) is 6.70. The van der Waals surface area contributed by atoms with Crippen LogP contribution < -0.4 is 5.40 Å². The molecule has 0 aromatic heterocycles. The maximum Gasteiger partial charge on any atom is 0.259 e. The molecule has 4 heteroatoms. The lowest BCUT2D eigenvalue weighted by atomic mass is 10.2. The molecule has 1 atom stereocenters. The van der Waals surface area contributed by atoms with Gasteiger partial charge in [0.15, 0.2) is 0 Å². The van der Waals surface area contributed by atoms with Crippen molar-refractivity contribution < 1.29 is 4.12 Å². The van der Waals surface area contributed by atoms with Crippen molar-refractivity contribution in [2.24, 2.45) is 5.40 Å². The van der Waals surface area contributed by atoms with Crippen LogP contribution in [0.25, 0.3) is 0 Å². The fraction of sp³-hybridized carbons (Fsp3) is 0.400. The van der Waals surface area contributed by atoms with Crippen molar-refractivity contribution in [3.8, 4) is 0 Å². The van der Waals surface area contributed by atoms with Crippen LogP contribution in [0.3, 0.4) is 0 Å². The zero-order chi connectivity index (χ0) is 10.4. The van der Waals surface area contributed by atoms with E-state index in [0.717, 1.165) is 29.0 Å². The van der Waals surface area contributed by atoms with E-state index in [1.165, 1.54) is 5.56 Å². The lowest BCUT2D eigenvalue weighted by molar-refractivity contribution is 0.580. The highest BCUT2D eigenvalue weighted by molar-refractivity contribution is 6.72. The van der Waals surface area contributed by atoms with Gasteiger partial charge in [0.25, 0.3) is 8.48 Å². The van der Waals surface area contributed by atoms with Gasteiger partial charge in [0.05, 0.1) is 0 Å². The summed E-state index contributed by atoms with van der Waals surface area (Å²) in [7, 11) is -1.14. The van der Waals surface area contributed by atoms with Crippen LogP contribution in [0, 0.1) is 0 Å². The summed E-state index contributed by atoms with van der Waals surface area (Å²) in [6.45, 7) is 2.17. The Labute approximate surface area is 90.2 Å². The van der Waals surface area contributed by atoms with Gasteiger partial charge in [-0.1, -0.05) is 43.7 Å². The highest BCUT2D eigenvalue weighted by Gasteiger charge is 2.27. The van der Waals surface area contributed by atoms with E-state index in [0.29, 0.717) is 0 Å². The highest BCUT2D eigenvalue weighted by atomic mass is 28.4. The van der Waals surface area contributed by atoms with Gasteiger partial charge in [-0.15, -0.1) is 0 Å². The average molecular weight is 225 g/mol. The zero-order valence-electron chi connectivity index (χ0n) is 8.99. The predicted octanol–water partition coefficient (Wildman–Crippen LogP) is 0.876. The van der Waals surface area contributed by atoms with Crippen LogP contribution >= 0.6 is 0 Å². The van der Waals surface area contributed by atoms with Gasteiger partial charge in [0, 0.05) is 6.04 Å². The molecule has 14 heavy (non-hydrogen) atoms. The van der Waals surface area contributed by atoms with Crippen molar-refractivity contribution >= 4 is 19.0 Å². The molecule has 0 aliphatic rings. The maximum atomic E-state index is 6.29. The Balaban J connectivity index is 2.65. The minimum absolute atomic E-state index is 0.758. The molecule has 0 amide bonds. The van der Waals surface area contributed by atoms with Gasteiger partial charge in [0.2, 0.25) is 0 Å². The number of hydrogen-bond donors (Lipinski definition) is 1. The molecule has 0 saturated carbocycles. The summed E-state index contributed by atoms with van der Waals surface area (Å²) in [6, 6.07) is 12.4. The van der Waals surface area contributed by atoms with Crippen molar-refractivity contribution in [3.63, 3.8) is 0 Å². The van der Waals surface area contributed by atoms with Crippen LogP contribution in [0.15, 0.2) is 30.3 Å². The summed E-state index contributed by atoms with van der Waals surface area (Å²) in [5, 5.41) is 6.29. The normalized spacial score (nSPS) is 15.3. The van der Waals surface area contributed by atoms with E-state index in [1.807, 2.05) is 6.07 Å². The van der Waals surface area contributed by atoms with Crippen LogP contribution in [0.1, 0.15) is 18.9 Å². The van der Waals surface area contributed by atoms with E-state index in [9.17, 15) is 0 Å². The number of hydrogen-bond acceptors (Lipinski definition) is 2. The molecule has 0 heterocycles. The molecule has 1 rings (SSSR count). The molecule has 0 fully saturated rings. The molecule has 0 aliphatic carbocycles. The van der Waals surface area contributed by atoms with Crippen LogP contribution in [-0.4, -0.2) is 19.0 Å². The summed E-state index contributed by atoms with van der Waals surface area (Å²) < 4.78 is 5.64. The molecule has 1 aromatic carbocycles. The molecule has 0 saturated heterocycles. The molecular formula is C10H19NOSi2. The Morgan fingerprint density at radius 2 is 2.00 bits per heavy atom. The fourth-order valence-electron chi connectivity index (χ4n) is 1.63. The molecule has 0 bridgehead atoms. The van der Waals surface area contributed by atoms with Crippen molar-refractivity contribution in [2.75, 3.05) is 0 Å². The average Bonchev–Trinajstić information content (AvgIpc) is 2.20. The van der Waals surface area contributed by atoms with Crippen LogP contribution in [-0.2, 0) is 10.2 Å². The summed E-state index contributed by atoms with van der Waals surface area (Å²) in [5.74, 6) is 0. The molecule has 2 nitrogen and oxygen atoms in total. The zero-order valence-corrected chi connectivity index (χ0v) is 12.0. The third kappa shape index (κ3) is 3.38. The van der Waals surface area contributed by atoms with Gasteiger partial charge in [-0.25, -0.2) is 0 Å². The third-order valence-corrected chi connectivity index (χ3v) is 8.03. The number of nitrogens with two attached hydrogens (primary N) is 1. The SMILES string of the molecule is CCC[Si](N)(Cc1ccccc1)O[SiH3]. The highest BCUT2D eigenvalue weighted by Crippen LogP contribution is 2.13. The molecule has 0 radical (unpaired) electrons. The van der Waals surface area contributed by atoms with Gasteiger partial charge in [-0.3, -0.25) is 0 Å². The molecular weight excluding hydrogens is 206 g/mol. The van der Waals surface area contributed by atoms with Crippen LogP contribution in [0.2, 0.25) is 6.04 Å². The minimum Gasteiger partial charge on any atom is -0.453 e. The predicted molar refractivity (Wildman–Crippen MR) is 66.2 cm³/mol. The Hall–Kier alpha value is -0.426. The smallest absolute Gasteiger partial charge is 0.259 e. The molecule has 1 unspecified atom stereocenters. The van der Waals surface area contributed by atoms with Gasteiger partial charge < -0.3 is 9.51 Å². The van der Waals surface area contributed by atoms with Gasteiger partial charge in [-0.05, 0) is 11.6 Å². The molecule has 78 valence electrons. The maximum absolute atomic E-state index is 6.29. The van der Waals surface area contributed by atoms with E-state index in [-0.39, 0.29) is 0 Å². The van der Waals surface area contributed by atoms with Gasteiger partial charge in [0.1, 0.15) is 10.5 Å². The van der Waals surface area contributed by atoms with Crippen LogP contribution in [0.4, 0.5) is 0 Å². The lowest BCUT2D eigenvalue weighted by Gasteiger charge is -2.24. The second-order valence-electron chi connectivity index (χ2n) is 3.68. The number of rotatable bonds is 5. The largest absolute Gasteiger partial charge is 0.453 e. The third-order valence-electron chi connectivity index (χ3n) is 2.43. The summed E-state index contributed by atoms with van der Waals surface area (Å²) in [4.78, 5) is 0. The first-order valence-corrected chi connectivity index (χ1v) is 8.30. The molecule has 1 aromatic rings. The lowest BCUT2D eigenvalue weighted by Crippen LogP contribution is -2.51. The van der Waals surface area contributed by atoms with Crippen molar-refractivity contribution in [3.05, 3.63) is 35.9 Å². The van der Waals surface area contributed by atoms with Gasteiger partial charge >= 0.3 is 0 Å². The van der Waals surface area contributed by atoms with Crippen molar-refractivity contribution in [1.29, 1.82) is 0 Å². The van der Waals surface area contributed by atoms with Crippen molar-refractivity contribution in [2.45, 2.75) is 25.4 Å². The standard InChI is InChI=1S/C10H19NOSi2/c1-2-8-14(11,12-13)9-10-6-4-3-5-7-10/h3-7H,2,8-9,11H2,1,13H3. The topological polar surface area (TPSA) is 35.2 Å². The Kier molecular flexibility index (Phi) is 4.54. The van der Waals surface area contributed by atoms with E-state index < -0.39 is 8.48 Å². The second-order valence-corrected chi connectivity index (χ2v) is 8.30. The number of benzene rings is 1. The van der Waals surface area contributed by atoms with E-state index >= 15 is 0 Å². The molecule has 0 spiro atoms. The first-order valence-electron chi connectivity index (χ1n) is 5.08. The van der Waals surface area contributed by atoms with Crippen molar-refractivity contribution in [1.82, 2.24) is 0 Å². The molecule has 0 aliphatic heterocycles. The first kappa shape index (κ1) is 11.6. The Morgan fingerprint density at radius 3 is 2.50 bits per heavy atom. The van der Waals surface area contributed by atoms with E-state index in [2.05, 4.69) is 31.2 Å². The fourth-order valence-corrected chi connectivity index (χ4v) is 4.97. The summed E-state index contributed by atoms with van der Waals surface area (Å²) in [6.07, 6.45) is 1.12. The van der Waals surface area contributed by atoms with Crippen LogP contribution in [0.5, 0.6) is 0 Å². The Bertz CT molecular complexity index is 268. The minimum atomic E-state index is -1.90. The van der Waals surface area contributed by atoms with Gasteiger partial charge in [-0.2, -0.15) is 0 Å². The quantitative estimate of drug-likeness (QED) is 0.755. The second kappa shape index (κ2) is 5.45. The summed E-state index contributed by atoms with van der Waals surface area (Å²) in [5.41, 5.74) is 1.31. The molecule has 2 N–H and O–H groups in total. The van der Waals surface area contributed by atoms with E-state index in [1.54, 1.807) is 0 Å². The Morgan fingerprint density at radius 1 is 1.36 bits per heavy atom. The monoisotopic (exact) mass is 225 g/mol.